The molecule has 0 fully saturated rings. The number of nitrogens with zero attached hydrogens (tertiary/aromatic N) is 2. The van der Waals surface area contributed by atoms with Crippen molar-refractivity contribution >= 4 is 23.4 Å². The van der Waals surface area contributed by atoms with Crippen molar-refractivity contribution in [3.8, 4) is 0 Å². The average Bonchev–Trinajstić information content (AvgIpc) is 2.77. The largest absolute Gasteiger partial charge is 0.338 e. The van der Waals surface area contributed by atoms with E-state index >= 15 is 0 Å². The summed E-state index contributed by atoms with van der Waals surface area (Å²) < 4.78 is 5.01. The summed E-state index contributed by atoms with van der Waals surface area (Å²) in [6.45, 7) is 1.80. The van der Waals surface area contributed by atoms with Gasteiger partial charge in [0.2, 0.25) is 5.89 Å². The lowest BCUT2D eigenvalue weighted by Gasteiger charge is -2.00. The summed E-state index contributed by atoms with van der Waals surface area (Å²) >= 11 is 7.61. The summed E-state index contributed by atoms with van der Waals surface area (Å²) in [5.41, 5.74) is 5.63. The number of benzene rings is 1. The van der Waals surface area contributed by atoms with Crippen LogP contribution in [0.2, 0.25) is 5.02 Å². The Kier molecular flexibility index (Phi) is 4.04. The molecule has 1 heterocycles. The molecule has 0 amide bonds. The molecular formula is C11H12ClN3OS. The van der Waals surface area contributed by atoms with Crippen LogP contribution in [0.1, 0.15) is 24.7 Å². The lowest BCUT2D eigenvalue weighted by molar-refractivity contribution is 0.358. The summed E-state index contributed by atoms with van der Waals surface area (Å²) in [6.07, 6.45) is 0. The van der Waals surface area contributed by atoms with E-state index in [4.69, 9.17) is 21.9 Å². The Morgan fingerprint density at radius 3 is 2.88 bits per heavy atom. The minimum Gasteiger partial charge on any atom is -0.338 e. The van der Waals surface area contributed by atoms with Crippen molar-refractivity contribution in [1.82, 2.24) is 10.1 Å². The van der Waals surface area contributed by atoms with Crippen LogP contribution < -0.4 is 5.73 Å². The molecule has 1 aromatic carbocycles. The number of hydrogen-bond acceptors (Lipinski definition) is 5. The van der Waals surface area contributed by atoms with Gasteiger partial charge in [-0.3, -0.25) is 0 Å². The fourth-order valence-electron chi connectivity index (χ4n) is 1.22. The molecule has 17 heavy (non-hydrogen) atoms. The second-order valence-electron chi connectivity index (χ2n) is 3.56. The maximum absolute atomic E-state index is 6.04. The van der Waals surface area contributed by atoms with Gasteiger partial charge in [0, 0.05) is 4.90 Å². The molecule has 1 atom stereocenters. The summed E-state index contributed by atoms with van der Waals surface area (Å²) in [5.74, 6) is 1.70. The fraction of sp³-hybridized carbons (Fsp3) is 0.273. The molecule has 0 radical (unpaired) electrons. The number of hydrogen-bond donors (Lipinski definition) is 1. The standard InChI is InChI=1S/C11H12ClN3OS/c1-7(13)11-14-10(15-16-11)6-17-9-5-3-2-4-8(9)12/h2-5,7H,6,13H2,1H3/t7-/m1/s1. The second kappa shape index (κ2) is 5.53. The van der Waals surface area contributed by atoms with Crippen molar-refractivity contribution in [1.29, 1.82) is 0 Å². The third-order valence-electron chi connectivity index (χ3n) is 2.07. The van der Waals surface area contributed by atoms with Crippen molar-refractivity contribution < 1.29 is 4.52 Å². The fourth-order valence-corrected chi connectivity index (χ4v) is 2.30. The number of thioether (sulfide) groups is 1. The van der Waals surface area contributed by atoms with Crippen molar-refractivity contribution in [2.45, 2.75) is 23.6 Å². The number of aromatic nitrogens is 2. The Morgan fingerprint density at radius 1 is 1.47 bits per heavy atom. The lowest BCUT2D eigenvalue weighted by Crippen LogP contribution is -2.05. The van der Waals surface area contributed by atoms with E-state index in [0.717, 1.165) is 9.92 Å². The summed E-state index contributed by atoms with van der Waals surface area (Å²) in [5, 5.41) is 4.58. The minimum atomic E-state index is -0.235. The molecule has 6 heteroatoms. The monoisotopic (exact) mass is 269 g/mol. The zero-order valence-electron chi connectivity index (χ0n) is 9.26. The predicted molar refractivity (Wildman–Crippen MR) is 67.9 cm³/mol. The van der Waals surface area contributed by atoms with E-state index in [1.807, 2.05) is 24.3 Å². The normalized spacial score (nSPS) is 12.6. The van der Waals surface area contributed by atoms with Gasteiger partial charge in [-0.2, -0.15) is 4.98 Å². The van der Waals surface area contributed by atoms with E-state index in [-0.39, 0.29) is 6.04 Å². The van der Waals surface area contributed by atoms with E-state index in [1.54, 1.807) is 18.7 Å². The van der Waals surface area contributed by atoms with E-state index in [2.05, 4.69) is 10.1 Å². The Balaban J connectivity index is 2.00. The predicted octanol–water partition coefficient (Wildman–Crippen LogP) is 3.04. The van der Waals surface area contributed by atoms with Gasteiger partial charge < -0.3 is 10.3 Å². The van der Waals surface area contributed by atoms with E-state index in [1.165, 1.54) is 0 Å². The summed E-state index contributed by atoms with van der Waals surface area (Å²) in [7, 11) is 0. The molecule has 90 valence electrons. The molecule has 2 aromatic rings. The molecule has 0 aliphatic carbocycles. The third-order valence-corrected chi connectivity index (χ3v) is 3.58. The smallest absolute Gasteiger partial charge is 0.243 e. The van der Waals surface area contributed by atoms with Gasteiger partial charge in [-0.05, 0) is 19.1 Å². The Hall–Kier alpha value is -1.04. The average molecular weight is 270 g/mol. The van der Waals surface area contributed by atoms with Crippen LogP contribution >= 0.6 is 23.4 Å². The topological polar surface area (TPSA) is 64.9 Å². The molecule has 0 unspecified atom stereocenters. The first-order valence-electron chi connectivity index (χ1n) is 5.12. The quantitative estimate of drug-likeness (QED) is 0.865. The number of nitrogens with two attached hydrogens (primary N) is 1. The molecular weight excluding hydrogens is 258 g/mol. The Bertz CT molecular complexity index is 501. The zero-order chi connectivity index (χ0) is 12.3. The van der Waals surface area contributed by atoms with E-state index in [0.29, 0.717) is 17.5 Å². The lowest BCUT2D eigenvalue weighted by atomic mass is 10.4. The highest BCUT2D eigenvalue weighted by Crippen LogP contribution is 2.28. The van der Waals surface area contributed by atoms with Crippen LogP contribution in [0.5, 0.6) is 0 Å². The first-order chi connectivity index (χ1) is 8.16. The maximum atomic E-state index is 6.04. The SMILES string of the molecule is C[C@@H](N)c1nc(CSc2ccccc2Cl)no1. The second-order valence-corrected chi connectivity index (χ2v) is 4.98. The highest BCUT2D eigenvalue weighted by molar-refractivity contribution is 7.98. The molecule has 0 saturated carbocycles. The van der Waals surface area contributed by atoms with Crippen molar-refractivity contribution in [2.75, 3.05) is 0 Å². The third kappa shape index (κ3) is 3.21. The van der Waals surface area contributed by atoms with Crippen LogP contribution in [0, 0.1) is 0 Å². The number of rotatable bonds is 4. The molecule has 0 spiro atoms. The van der Waals surface area contributed by atoms with Crippen LogP contribution in [0.25, 0.3) is 0 Å². The summed E-state index contributed by atoms with van der Waals surface area (Å²) in [6, 6.07) is 7.42. The van der Waals surface area contributed by atoms with Gasteiger partial charge >= 0.3 is 0 Å². The van der Waals surface area contributed by atoms with Crippen LogP contribution in [0.15, 0.2) is 33.7 Å². The molecule has 0 aliphatic rings. The van der Waals surface area contributed by atoms with Crippen LogP contribution in [0.4, 0.5) is 0 Å². The molecule has 0 saturated heterocycles. The van der Waals surface area contributed by atoms with Gasteiger partial charge in [-0.15, -0.1) is 11.8 Å². The number of halogens is 1. The van der Waals surface area contributed by atoms with Crippen molar-refractivity contribution in [2.24, 2.45) is 5.73 Å². The molecule has 1 aromatic heterocycles. The van der Waals surface area contributed by atoms with Gasteiger partial charge in [0.15, 0.2) is 5.82 Å². The van der Waals surface area contributed by atoms with Gasteiger partial charge in [-0.25, -0.2) is 0 Å². The first-order valence-corrected chi connectivity index (χ1v) is 6.48. The van der Waals surface area contributed by atoms with E-state index in [9.17, 15) is 0 Å². The molecule has 4 nitrogen and oxygen atoms in total. The Labute approximate surface area is 109 Å². The van der Waals surface area contributed by atoms with Gasteiger partial charge in [0.1, 0.15) is 0 Å². The van der Waals surface area contributed by atoms with Gasteiger partial charge in [0.25, 0.3) is 0 Å². The van der Waals surface area contributed by atoms with Crippen molar-refractivity contribution in [3.63, 3.8) is 0 Å². The minimum absolute atomic E-state index is 0.235. The van der Waals surface area contributed by atoms with Crippen LogP contribution in [-0.4, -0.2) is 10.1 Å². The first kappa shape index (κ1) is 12.4. The molecule has 0 bridgehead atoms. The zero-order valence-corrected chi connectivity index (χ0v) is 10.8. The molecule has 2 rings (SSSR count). The molecule has 2 N–H and O–H groups in total. The Morgan fingerprint density at radius 2 is 2.24 bits per heavy atom. The highest BCUT2D eigenvalue weighted by Gasteiger charge is 2.10. The van der Waals surface area contributed by atoms with Crippen LogP contribution in [-0.2, 0) is 5.75 Å². The highest BCUT2D eigenvalue weighted by atomic mass is 35.5. The van der Waals surface area contributed by atoms with Gasteiger partial charge in [0.05, 0.1) is 16.8 Å². The van der Waals surface area contributed by atoms with E-state index < -0.39 is 0 Å². The van der Waals surface area contributed by atoms with Crippen LogP contribution in [0.3, 0.4) is 0 Å². The molecule has 0 aliphatic heterocycles. The maximum Gasteiger partial charge on any atom is 0.243 e. The summed E-state index contributed by atoms with van der Waals surface area (Å²) in [4.78, 5) is 5.19. The van der Waals surface area contributed by atoms with Crippen molar-refractivity contribution in [3.05, 3.63) is 41.0 Å². The van der Waals surface area contributed by atoms with Gasteiger partial charge in [-0.1, -0.05) is 28.9 Å².